The number of hydrogen-bond donors (Lipinski definition) is 1. The Morgan fingerprint density at radius 2 is 1.83 bits per heavy atom. The molecule has 3 nitrogen and oxygen atoms in total. The lowest BCUT2D eigenvalue weighted by Crippen LogP contribution is -2.40. The van der Waals surface area contributed by atoms with Crippen LogP contribution in [0.1, 0.15) is 23.5 Å². The zero-order valence-corrected chi connectivity index (χ0v) is 14.7. The molecule has 2 N–H and O–H groups in total. The summed E-state index contributed by atoms with van der Waals surface area (Å²) in [5, 5.41) is 0. The normalized spacial score (nSPS) is 16.5. The molecule has 4 heteroatoms. The summed E-state index contributed by atoms with van der Waals surface area (Å²) in [5.41, 5.74) is 8.20. The maximum absolute atomic E-state index is 13.1. The molecule has 2 aromatic carbocycles. The lowest BCUT2D eigenvalue weighted by Gasteiger charge is -2.30. The quantitative estimate of drug-likeness (QED) is 0.878. The number of hydrogen-bond acceptors (Lipinski definition) is 3. The molecule has 0 fully saturated rings. The van der Waals surface area contributed by atoms with Gasteiger partial charge in [0.15, 0.2) is 0 Å². The molecule has 0 aliphatic carbocycles. The molecule has 2 aromatic rings. The van der Waals surface area contributed by atoms with Gasteiger partial charge in [-0.2, -0.15) is 0 Å². The largest absolute Gasteiger partial charge is 0.341 e. The summed E-state index contributed by atoms with van der Waals surface area (Å²) in [5.74, 6) is 1.21. The number of carbonyl (C=O) groups excluding carboxylic acids is 1. The minimum absolute atomic E-state index is 0.0234. The molecule has 0 bridgehead atoms. The van der Waals surface area contributed by atoms with Gasteiger partial charge in [-0.15, -0.1) is 11.8 Å². The van der Waals surface area contributed by atoms with Gasteiger partial charge >= 0.3 is 0 Å². The molecular weight excluding hydrogens is 316 g/mol. The first-order valence-electron chi connectivity index (χ1n) is 8.54. The van der Waals surface area contributed by atoms with Gasteiger partial charge in [-0.3, -0.25) is 4.79 Å². The number of rotatable bonds is 6. The second-order valence-corrected chi connectivity index (χ2v) is 7.21. The monoisotopic (exact) mass is 340 g/mol. The van der Waals surface area contributed by atoms with Crippen LogP contribution in [0.5, 0.6) is 0 Å². The van der Waals surface area contributed by atoms with E-state index in [9.17, 15) is 4.79 Å². The second-order valence-electron chi connectivity index (χ2n) is 6.08. The number of amides is 1. The Balaban J connectivity index is 1.73. The Hall–Kier alpha value is -1.78. The summed E-state index contributed by atoms with van der Waals surface area (Å²) in [6, 6.07) is 18.6. The summed E-state index contributed by atoms with van der Waals surface area (Å²) in [6.45, 7) is 1.85. The molecule has 0 saturated carbocycles. The maximum atomic E-state index is 13.1. The van der Waals surface area contributed by atoms with Gasteiger partial charge in [-0.25, -0.2) is 0 Å². The van der Waals surface area contributed by atoms with Gasteiger partial charge in [0.05, 0.1) is 5.92 Å². The predicted molar refractivity (Wildman–Crippen MR) is 100 cm³/mol. The van der Waals surface area contributed by atoms with Crippen molar-refractivity contribution in [3.63, 3.8) is 0 Å². The van der Waals surface area contributed by atoms with Crippen molar-refractivity contribution >= 4 is 17.7 Å². The van der Waals surface area contributed by atoms with E-state index in [0.717, 1.165) is 25.1 Å². The van der Waals surface area contributed by atoms with E-state index in [2.05, 4.69) is 24.3 Å². The van der Waals surface area contributed by atoms with Crippen molar-refractivity contribution < 1.29 is 4.79 Å². The zero-order valence-electron chi connectivity index (χ0n) is 13.9. The van der Waals surface area contributed by atoms with Crippen LogP contribution in [0.15, 0.2) is 59.5 Å². The summed E-state index contributed by atoms with van der Waals surface area (Å²) >= 11 is 1.85. The second kappa shape index (κ2) is 8.36. The third kappa shape index (κ3) is 4.00. The van der Waals surface area contributed by atoms with Crippen LogP contribution in [-0.4, -0.2) is 36.2 Å². The van der Waals surface area contributed by atoms with Crippen molar-refractivity contribution in [3.05, 3.63) is 65.7 Å². The molecule has 0 saturated heterocycles. The van der Waals surface area contributed by atoms with Crippen LogP contribution in [0.4, 0.5) is 0 Å². The molecule has 1 aliphatic rings. The fraction of sp³-hybridized carbons (Fsp3) is 0.350. The van der Waals surface area contributed by atoms with Crippen LogP contribution in [0.2, 0.25) is 0 Å². The molecule has 3 rings (SSSR count). The fourth-order valence-electron chi connectivity index (χ4n) is 3.22. The number of carbonyl (C=O) groups is 1. The lowest BCUT2D eigenvalue weighted by molar-refractivity contribution is -0.132. The van der Waals surface area contributed by atoms with Crippen LogP contribution in [-0.2, 0) is 11.2 Å². The van der Waals surface area contributed by atoms with E-state index in [1.165, 1.54) is 16.0 Å². The number of nitrogens with zero attached hydrogens (tertiary/aromatic N) is 1. The predicted octanol–water partition coefficient (Wildman–Crippen LogP) is 3.30. The minimum Gasteiger partial charge on any atom is -0.341 e. The highest BCUT2D eigenvalue weighted by molar-refractivity contribution is 7.99. The first-order chi connectivity index (χ1) is 11.8. The maximum Gasteiger partial charge on any atom is 0.230 e. The van der Waals surface area contributed by atoms with Gasteiger partial charge in [-0.05, 0) is 35.8 Å². The van der Waals surface area contributed by atoms with Gasteiger partial charge in [0.1, 0.15) is 0 Å². The van der Waals surface area contributed by atoms with Crippen molar-refractivity contribution in [2.24, 2.45) is 5.73 Å². The van der Waals surface area contributed by atoms with E-state index in [4.69, 9.17) is 5.73 Å². The third-order valence-electron chi connectivity index (χ3n) is 4.48. The van der Waals surface area contributed by atoms with E-state index in [1.54, 1.807) is 0 Å². The summed E-state index contributed by atoms with van der Waals surface area (Å²) in [4.78, 5) is 16.3. The average Bonchev–Trinajstić information content (AvgIpc) is 2.65. The molecule has 1 unspecified atom stereocenters. The van der Waals surface area contributed by atoms with Crippen LogP contribution in [0, 0.1) is 0 Å². The van der Waals surface area contributed by atoms with E-state index < -0.39 is 0 Å². The van der Waals surface area contributed by atoms with Crippen molar-refractivity contribution in [2.45, 2.75) is 23.7 Å². The number of nitrogens with two attached hydrogens (primary N) is 1. The molecule has 1 atom stereocenters. The standard InChI is InChI=1S/C20H24N2OS/c21-12-14-22(13-10-16-6-2-1-3-7-16)20(23)18-11-15-24-19-9-5-4-8-17(18)19/h1-9,18H,10-15,21H2. The third-order valence-corrected chi connectivity index (χ3v) is 5.60. The van der Waals surface area contributed by atoms with E-state index in [1.807, 2.05) is 47.0 Å². The Kier molecular flexibility index (Phi) is 5.94. The van der Waals surface area contributed by atoms with Crippen LogP contribution in [0.25, 0.3) is 0 Å². The first-order valence-corrected chi connectivity index (χ1v) is 9.52. The Bertz CT molecular complexity index is 674. The SMILES string of the molecule is NCCN(CCc1ccccc1)C(=O)C1CCSc2ccccc21. The molecule has 0 aromatic heterocycles. The van der Waals surface area contributed by atoms with Gasteiger partial charge < -0.3 is 10.6 Å². The average molecular weight is 340 g/mol. The summed E-state index contributed by atoms with van der Waals surface area (Å²) in [6.07, 6.45) is 1.78. The molecule has 126 valence electrons. The molecular formula is C20H24N2OS. The van der Waals surface area contributed by atoms with Gasteiger partial charge in [0.25, 0.3) is 0 Å². The highest BCUT2D eigenvalue weighted by Gasteiger charge is 2.29. The number of fused-ring (bicyclic) bond motifs is 1. The molecule has 0 spiro atoms. The minimum atomic E-state index is -0.0234. The highest BCUT2D eigenvalue weighted by Crippen LogP contribution is 2.38. The Morgan fingerprint density at radius 3 is 2.62 bits per heavy atom. The van der Waals surface area contributed by atoms with Crippen LogP contribution in [0.3, 0.4) is 0 Å². The van der Waals surface area contributed by atoms with E-state index in [0.29, 0.717) is 13.1 Å². The molecule has 0 radical (unpaired) electrons. The Labute approximate surface area is 148 Å². The van der Waals surface area contributed by atoms with E-state index in [-0.39, 0.29) is 11.8 Å². The molecule has 1 heterocycles. The van der Waals surface area contributed by atoms with Crippen LogP contribution < -0.4 is 5.73 Å². The Morgan fingerprint density at radius 1 is 1.08 bits per heavy atom. The van der Waals surface area contributed by atoms with Crippen molar-refractivity contribution in [2.75, 3.05) is 25.4 Å². The summed E-state index contributed by atoms with van der Waals surface area (Å²) < 4.78 is 0. The van der Waals surface area contributed by atoms with Crippen molar-refractivity contribution in [1.29, 1.82) is 0 Å². The fourth-order valence-corrected chi connectivity index (χ4v) is 4.34. The van der Waals surface area contributed by atoms with Crippen molar-refractivity contribution in [3.8, 4) is 0 Å². The van der Waals surface area contributed by atoms with E-state index >= 15 is 0 Å². The zero-order chi connectivity index (χ0) is 16.8. The molecule has 1 aliphatic heterocycles. The topological polar surface area (TPSA) is 46.3 Å². The van der Waals surface area contributed by atoms with Gasteiger partial charge in [0, 0.05) is 24.5 Å². The van der Waals surface area contributed by atoms with Crippen molar-refractivity contribution in [1.82, 2.24) is 4.90 Å². The van der Waals surface area contributed by atoms with Crippen LogP contribution >= 0.6 is 11.8 Å². The highest BCUT2D eigenvalue weighted by atomic mass is 32.2. The summed E-state index contributed by atoms with van der Waals surface area (Å²) in [7, 11) is 0. The van der Waals surface area contributed by atoms with Gasteiger partial charge in [-0.1, -0.05) is 48.5 Å². The smallest absolute Gasteiger partial charge is 0.230 e. The lowest BCUT2D eigenvalue weighted by atomic mass is 9.94. The van der Waals surface area contributed by atoms with Gasteiger partial charge in [0.2, 0.25) is 5.91 Å². The molecule has 24 heavy (non-hydrogen) atoms. The first kappa shape index (κ1) is 17.1. The molecule has 1 amide bonds. The number of benzene rings is 2. The number of thioether (sulfide) groups is 1.